The summed E-state index contributed by atoms with van der Waals surface area (Å²) in [6.45, 7) is 1.44. The molecule has 0 aliphatic carbocycles. The van der Waals surface area contributed by atoms with Crippen molar-refractivity contribution in [3.05, 3.63) is 0 Å². The Morgan fingerprint density at radius 1 is 1.15 bits per heavy atom. The van der Waals surface area contributed by atoms with Gasteiger partial charge in [0.1, 0.15) is 18.3 Å². The Kier molecular flexibility index (Phi) is 3.38. The van der Waals surface area contributed by atoms with Crippen molar-refractivity contribution in [1.29, 1.82) is 0 Å². The summed E-state index contributed by atoms with van der Waals surface area (Å²) in [6, 6.07) is 0. The molecule has 2 unspecified atom stereocenters. The van der Waals surface area contributed by atoms with Gasteiger partial charge in [-0.25, -0.2) is 4.21 Å². The number of ether oxygens (including phenoxy) is 1. The van der Waals surface area contributed by atoms with Crippen molar-refractivity contribution in [2.75, 3.05) is 0 Å². The van der Waals surface area contributed by atoms with Gasteiger partial charge in [0.15, 0.2) is 16.5 Å². The van der Waals surface area contributed by atoms with E-state index in [1.165, 1.54) is 6.92 Å². The van der Waals surface area contributed by atoms with Crippen molar-refractivity contribution >= 4 is 11.1 Å². The largest absolute Gasteiger partial charge is 0.388 e. The molecular weight excluding hydrogens is 200 g/mol. The molecule has 0 aromatic heterocycles. The van der Waals surface area contributed by atoms with Crippen molar-refractivity contribution in [3.63, 3.8) is 0 Å². The lowest BCUT2D eigenvalue weighted by Crippen LogP contribution is -2.57. The average molecular weight is 212 g/mol. The Hall–Kier alpha value is -0.0500. The Bertz CT molecular complexity index is 209. The minimum absolute atomic E-state index is 0.778. The Morgan fingerprint density at radius 2 is 1.69 bits per heavy atom. The molecule has 78 valence electrons. The lowest BCUT2D eigenvalue weighted by atomic mass is 10.0. The fourth-order valence-corrected chi connectivity index (χ4v) is 1.85. The third kappa shape index (κ3) is 2.06. The summed E-state index contributed by atoms with van der Waals surface area (Å²) in [5.74, 6) is 0. The van der Waals surface area contributed by atoms with Crippen molar-refractivity contribution < 1.29 is 28.8 Å². The molecule has 1 rings (SSSR count). The molecule has 1 saturated heterocycles. The molecule has 6 atom stereocenters. The van der Waals surface area contributed by atoms with Crippen LogP contribution in [0, 0.1) is 0 Å². The molecule has 1 aliphatic heterocycles. The molecule has 0 bridgehead atoms. The fourth-order valence-electron chi connectivity index (χ4n) is 1.18. The lowest BCUT2D eigenvalue weighted by molar-refractivity contribution is -0.194. The van der Waals surface area contributed by atoms with E-state index in [9.17, 15) is 19.5 Å². The van der Waals surface area contributed by atoms with Crippen molar-refractivity contribution in [2.45, 2.75) is 36.8 Å². The van der Waals surface area contributed by atoms with Crippen LogP contribution in [0.3, 0.4) is 0 Å². The van der Waals surface area contributed by atoms with Gasteiger partial charge >= 0.3 is 0 Å². The zero-order chi connectivity index (χ0) is 10.2. The molecule has 1 aliphatic rings. The number of hydrogen-bond donors (Lipinski definition) is 4. The van der Waals surface area contributed by atoms with E-state index in [-0.39, 0.29) is 0 Å². The lowest BCUT2D eigenvalue weighted by Gasteiger charge is -2.37. The minimum Gasteiger partial charge on any atom is -0.388 e. The molecular formula is C6H12O6S. The van der Waals surface area contributed by atoms with Gasteiger partial charge in [-0.1, -0.05) is 0 Å². The normalized spacial score (nSPS) is 48.8. The van der Waals surface area contributed by atoms with E-state index in [1.54, 1.807) is 0 Å². The number of aliphatic hydroxyl groups is 3. The molecule has 0 amide bonds. The van der Waals surface area contributed by atoms with Crippen LogP contribution in [-0.4, -0.2) is 53.9 Å². The van der Waals surface area contributed by atoms with Crippen LogP contribution in [0.5, 0.6) is 0 Å². The second-order valence-corrected chi connectivity index (χ2v) is 3.97. The highest BCUT2D eigenvalue weighted by Crippen LogP contribution is 2.22. The number of hydrogen-bond acceptors (Lipinski definition) is 5. The van der Waals surface area contributed by atoms with E-state index in [2.05, 4.69) is 0 Å². The molecule has 0 saturated carbocycles. The average Bonchev–Trinajstić information content (AvgIpc) is 2.07. The van der Waals surface area contributed by atoms with Gasteiger partial charge in [0.2, 0.25) is 0 Å². The van der Waals surface area contributed by atoms with E-state index in [4.69, 9.17) is 9.29 Å². The maximum atomic E-state index is 10.6. The predicted octanol–water partition coefficient (Wildman–Crippen LogP) is -1.96. The third-order valence-corrected chi connectivity index (χ3v) is 2.79. The van der Waals surface area contributed by atoms with Gasteiger partial charge in [-0.05, 0) is 6.92 Å². The highest BCUT2D eigenvalue weighted by Gasteiger charge is 2.44. The first-order valence-corrected chi connectivity index (χ1v) is 4.91. The third-order valence-electron chi connectivity index (χ3n) is 2.01. The summed E-state index contributed by atoms with van der Waals surface area (Å²) >= 11 is -2.38. The molecule has 0 spiro atoms. The summed E-state index contributed by atoms with van der Waals surface area (Å²) in [7, 11) is 0. The van der Waals surface area contributed by atoms with E-state index in [1.807, 2.05) is 0 Å². The monoisotopic (exact) mass is 212 g/mol. The van der Waals surface area contributed by atoms with Crippen LogP contribution in [0.1, 0.15) is 6.92 Å². The van der Waals surface area contributed by atoms with Crippen LogP contribution in [-0.2, 0) is 15.8 Å². The van der Waals surface area contributed by atoms with Crippen LogP contribution < -0.4 is 0 Å². The molecule has 13 heavy (non-hydrogen) atoms. The van der Waals surface area contributed by atoms with Crippen molar-refractivity contribution in [3.8, 4) is 0 Å². The summed E-state index contributed by atoms with van der Waals surface area (Å²) in [5, 5.41) is 27.6. The standard InChI is InChI=1S/C6H12O6S/c1-2-3(7)4(8)5(9)6(12-2)13(10)11/h2-9H,1H3,(H,10,11)/t2-,3-,4+,5+,6?/m0/s1. The SMILES string of the molecule is C[C@@H]1OC(S(=O)O)[C@H](O)[C@H](O)[C@H]1O. The van der Waals surface area contributed by atoms with Crippen LogP contribution >= 0.6 is 0 Å². The number of rotatable bonds is 1. The fraction of sp³-hybridized carbons (Fsp3) is 1.00. The summed E-state index contributed by atoms with van der Waals surface area (Å²) < 4.78 is 24.1. The second kappa shape index (κ2) is 3.99. The molecule has 6 nitrogen and oxygen atoms in total. The van der Waals surface area contributed by atoms with Crippen molar-refractivity contribution in [2.24, 2.45) is 0 Å². The van der Waals surface area contributed by atoms with E-state index in [0.717, 1.165) is 0 Å². The molecule has 7 heteroatoms. The maximum Gasteiger partial charge on any atom is 0.186 e. The van der Waals surface area contributed by atoms with Gasteiger partial charge in [0, 0.05) is 0 Å². The first-order valence-electron chi connectivity index (χ1n) is 3.74. The van der Waals surface area contributed by atoms with Crippen LogP contribution in [0.2, 0.25) is 0 Å². The maximum absolute atomic E-state index is 10.6. The van der Waals surface area contributed by atoms with E-state index in [0.29, 0.717) is 0 Å². The summed E-state index contributed by atoms with van der Waals surface area (Å²) in [5.41, 5.74) is -1.37. The summed E-state index contributed by atoms with van der Waals surface area (Å²) in [6.07, 6.45) is -5.02. The Morgan fingerprint density at radius 3 is 2.15 bits per heavy atom. The molecule has 0 radical (unpaired) electrons. The number of aliphatic hydroxyl groups excluding tert-OH is 3. The molecule has 1 heterocycles. The highest BCUT2D eigenvalue weighted by atomic mass is 32.2. The molecule has 0 aromatic rings. The second-order valence-electron chi connectivity index (χ2n) is 2.96. The van der Waals surface area contributed by atoms with E-state index >= 15 is 0 Å². The topological polar surface area (TPSA) is 107 Å². The first-order chi connectivity index (χ1) is 5.95. The van der Waals surface area contributed by atoms with Crippen LogP contribution in [0.4, 0.5) is 0 Å². The quantitative estimate of drug-likeness (QED) is 0.376. The molecule has 4 N–H and O–H groups in total. The zero-order valence-corrected chi connectivity index (χ0v) is 7.72. The van der Waals surface area contributed by atoms with Crippen LogP contribution in [0.15, 0.2) is 0 Å². The highest BCUT2D eigenvalue weighted by molar-refractivity contribution is 7.79. The van der Waals surface area contributed by atoms with Gasteiger partial charge < -0.3 is 24.6 Å². The Labute approximate surface area is 77.4 Å². The Balaban J connectivity index is 2.76. The minimum atomic E-state index is -2.38. The molecule has 1 fully saturated rings. The summed E-state index contributed by atoms with van der Waals surface area (Å²) in [4.78, 5) is 0. The van der Waals surface area contributed by atoms with Gasteiger partial charge in [-0.15, -0.1) is 0 Å². The zero-order valence-electron chi connectivity index (χ0n) is 6.90. The molecule has 0 aromatic carbocycles. The smallest absolute Gasteiger partial charge is 0.186 e. The van der Waals surface area contributed by atoms with Gasteiger partial charge in [0.25, 0.3) is 0 Å². The van der Waals surface area contributed by atoms with Crippen molar-refractivity contribution in [1.82, 2.24) is 0 Å². The van der Waals surface area contributed by atoms with Gasteiger partial charge in [0.05, 0.1) is 6.10 Å². The van der Waals surface area contributed by atoms with Gasteiger partial charge in [-0.2, -0.15) is 0 Å². The van der Waals surface area contributed by atoms with E-state index < -0.39 is 40.9 Å². The first kappa shape index (κ1) is 11.0. The van der Waals surface area contributed by atoms with Crippen LogP contribution in [0.25, 0.3) is 0 Å². The van der Waals surface area contributed by atoms with Gasteiger partial charge in [-0.3, -0.25) is 0 Å². The predicted molar refractivity (Wildman–Crippen MR) is 43.1 cm³/mol.